The minimum Gasteiger partial charge on any atom is -0.386 e. The zero-order valence-corrected chi connectivity index (χ0v) is 11.3. The molecule has 0 radical (unpaired) electrons. The lowest BCUT2D eigenvalue weighted by atomic mass is 9.78. The molecule has 2 nitrogen and oxygen atoms in total. The number of halogens is 2. The van der Waals surface area contributed by atoms with E-state index in [0.29, 0.717) is 5.56 Å². The van der Waals surface area contributed by atoms with Crippen molar-refractivity contribution in [1.82, 2.24) is 5.32 Å². The maximum atomic E-state index is 13.2. The fourth-order valence-corrected chi connectivity index (χ4v) is 3.44. The monoisotopic (exact) mass is 271 g/mol. The van der Waals surface area contributed by atoms with Crippen molar-refractivity contribution >= 4 is 12.4 Å². The number of aliphatic hydroxyl groups is 1. The molecular weight excluding hydrogens is 253 g/mol. The zero-order chi connectivity index (χ0) is 12.1. The lowest BCUT2D eigenvalue weighted by molar-refractivity contribution is 0.0735. The van der Waals surface area contributed by atoms with Crippen LogP contribution in [0.3, 0.4) is 0 Å². The van der Waals surface area contributed by atoms with Crippen LogP contribution in [0.1, 0.15) is 44.3 Å². The minimum absolute atomic E-state index is 0. The first kappa shape index (κ1) is 13.8. The van der Waals surface area contributed by atoms with Gasteiger partial charge >= 0.3 is 0 Å². The van der Waals surface area contributed by atoms with Gasteiger partial charge in [-0.05, 0) is 50.3 Å². The Morgan fingerprint density at radius 2 is 1.94 bits per heavy atom. The van der Waals surface area contributed by atoms with Crippen LogP contribution in [-0.4, -0.2) is 16.2 Å². The fourth-order valence-electron chi connectivity index (χ4n) is 3.44. The van der Waals surface area contributed by atoms with E-state index >= 15 is 0 Å². The molecule has 0 aromatic heterocycles. The summed E-state index contributed by atoms with van der Waals surface area (Å²) in [7, 11) is 0. The van der Waals surface area contributed by atoms with Gasteiger partial charge < -0.3 is 10.4 Å². The Morgan fingerprint density at radius 3 is 2.44 bits per heavy atom. The van der Waals surface area contributed by atoms with Gasteiger partial charge in [-0.3, -0.25) is 0 Å². The normalized spacial score (nSPS) is 35.3. The highest BCUT2D eigenvalue weighted by molar-refractivity contribution is 5.85. The molecule has 1 atom stereocenters. The lowest BCUT2D eigenvalue weighted by Gasteiger charge is -2.32. The Hall–Kier alpha value is -0.640. The highest BCUT2D eigenvalue weighted by Gasteiger charge is 2.54. The van der Waals surface area contributed by atoms with Gasteiger partial charge in [0.1, 0.15) is 5.82 Å². The Labute approximate surface area is 113 Å². The molecular formula is C14H19ClFNO. The van der Waals surface area contributed by atoms with Crippen LogP contribution in [0.25, 0.3) is 0 Å². The van der Waals surface area contributed by atoms with Crippen molar-refractivity contribution < 1.29 is 9.50 Å². The largest absolute Gasteiger partial charge is 0.386 e. The summed E-state index contributed by atoms with van der Waals surface area (Å²) in [5.74, 6) is -0.281. The van der Waals surface area contributed by atoms with E-state index in [1.54, 1.807) is 12.1 Å². The summed E-state index contributed by atoms with van der Waals surface area (Å²) in [5.41, 5.74) is 0.625. The number of benzene rings is 1. The average molecular weight is 272 g/mol. The zero-order valence-electron chi connectivity index (χ0n) is 10.4. The Bertz CT molecular complexity index is 443. The lowest BCUT2D eigenvalue weighted by Crippen LogP contribution is -2.45. The Morgan fingerprint density at radius 1 is 1.28 bits per heavy atom. The first-order valence-electron chi connectivity index (χ1n) is 6.26. The number of aliphatic hydroxyl groups excluding tert-OH is 1. The maximum absolute atomic E-state index is 13.2. The van der Waals surface area contributed by atoms with Crippen LogP contribution in [0.2, 0.25) is 0 Å². The summed E-state index contributed by atoms with van der Waals surface area (Å²) in [5, 5.41) is 14.1. The van der Waals surface area contributed by atoms with Gasteiger partial charge in [-0.15, -0.1) is 12.4 Å². The predicted molar refractivity (Wildman–Crippen MR) is 71.3 cm³/mol. The average Bonchev–Trinajstić information content (AvgIpc) is 2.83. The highest BCUT2D eigenvalue weighted by Crippen LogP contribution is 2.50. The van der Waals surface area contributed by atoms with Crippen LogP contribution in [-0.2, 0) is 0 Å². The predicted octanol–water partition coefficient (Wildman–Crippen LogP) is 2.96. The summed E-state index contributed by atoms with van der Waals surface area (Å²) >= 11 is 0. The van der Waals surface area contributed by atoms with Crippen molar-refractivity contribution in [3.63, 3.8) is 0 Å². The first-order valence-corrected chi connectivity index (χ1v) is 6.26. The van der Waals surface area contributed by atoms with Gasteiger partial charge in [0.05, 0.1) is 6.10 Å². The quantitative estimate of drug-likeness (QED) is 0.867. The number of nitrogens with one attached hydrogen (secondary N) is 1. The van der Waals surface area contributed by atoms with Gasteiger partial charge in [0.25, 0.3) is 0 Å². The van der Waals surface area contributed by atoms with Gasteiger partial charge in [0, 0.05) is 11.1 Å². The third-order valence-electron chi connectivity index (χ3n) is 4.48. The SMILES string of the molecule is CC12CCC(C(O)c3cccc(F)c3)(CC1)N2.Cl. The molecule has 2 heterocycles. The van der Waals surface area contributed by atoms with Crippen LogP contribution in [0.15, 0.2) is 24.3 Å². The first-order chi connectivity index (χ1) is 8.03. The van der Waals surface area contributed by atoms with Crippen LogP contribution >= 0.6 is 12.4 Å². The van der Waals surface area contributed by atoms with Gasteiger partial charge in [-0.2, -0.15) is 0 Å². The molecule has 0 saturated carbocycles. The van der Waals surface area contributed by atoms with E-state index < -0.39 is 6.10 Å². The van der Waals surface area contributed by atoms with Crippen molar-refractivity contribution in [3.8, 4) is 0 Å². The van der Waals surface area contributed by atoms with E-state index in [1.807, 2.05) is 0 Å². The second-order valence-corrected chi connectivity index (χ2v) is 5.80. The second-order valence-electron chi connectivity index (χ2n) is 5.80. The fraction of sp³-hybridized carbons (Fsp3) is 0.571. The molecule has 1 aromatic rings. The number of hydrogen-bond donors (Lipinski definition) is 2. The van der Waals surface area contributed by atoms with Crippen LogP contribution < -0.4 is 5.32 Å². The van der Waals surface area contributed by atoms with Crippen molar-refractivity contribution in [1.29, 1.82) is 0 Å². The number of rotatable bonds is 2. The van der Waals surface area contributed by atoms with Crippen LogP contribution in [0.4, 0.5) is 4.39 Å². The molecule has 2 saturated heterocycles. The molecule has 0 aliphatic carbocycles. The number of fused-ring (bicyclic) bond motifs is 2. The molecule has 18 heavy (non-hydrogen) atoms. The topological polar surface area (TPSA) is 32.3 Å². The van der Waals surface area contributed by atoms with Gasteiger partial charge in [-0.1, -0.05) is 12.1 Å². The maximum Gasteiger partial charge on any atom is 0.123 e. The minimum atomic E-state index is -0.609. The molecule has 2 N–H and O–H groups in total. The summed E-state index contributed by atoms with van der Waals surface area (Å²) in [6.07, 6.45) is 3.53. The molecule has 2 bridgehead atoms. The highest BCUT2D eigenvalue weighted by atomic mass is 35.5. The third-order valence-corrected chi connectivity index (χ3v) is 4.48. The summed E-state index contributed by atoms with van der Waals surface area (Å²) in [6.45, 7) is 2.21. The molecule has 0 spiro atoms. The molecule has 1 aromatic carbocycles. The summed E-state index contributed by atoms with van der Waals surface area (Å²) < 4.78 is 13.2. The molecule has 0 amide bonds. The van der Waals surface area contributed by atoms with Crippen molar-refractivity contribution in [3.05, 3.63) is 35.6 Å². The van der Waals surface area contributed by atoms with Gasteiger partial charge in [-0.25, -0.2) is 4.39 Å². The van der Waals surface area contributed by atoms with Crippen LogP contribution in [0.5, 0.6) is 0 Å². The van der Waals surface area contributed by atoms with E-state index in [9.17, 15) is 9.50 Å². The Balaban J connectivity index is 0.00000120. The van der Waals surface area contributed by atoms with Gasteiger partial charge in [0.15, 0.2) is 0 Å². The van der Waals surface area contributed by atoms with Gasteiger partial charge in [0.2, 0.25) is 0 Å². The molecule has 1 unspecified atom stereocenters. The van der Waals surface area contributed by atoms with E-state index in [0.717, 1.165) is 25.7 Å². The molecule has 4 heteroatoms. The van der Waals surface area contributed by atoms with Crippen LogP contribution in [0, 0.1) is 5.82 Å². The molecule has 2 fully saturated rings. The molecule has 100 valence electrons. The summed E-state index contributed by atoms with van der Waals surface area (Å²) in [4.78, 5) is 0. The van der Waals surface area contributed by atoms with Crippen molar-refractivity contribution in [2.75, 3.05) is 0 Å². The van der Waals surface area contributed by atoms with Crippen molar-refractivity contribution in [2.24, 2.45) is 0 Å². The molecule has 2 aliphatic heterocycles. The third kappa shape index (κ3) is 2.04. The van der Waals surface area contributed by atoms with E-state index in [2.05, 4.69) is 12.2 Å². The molecule has 3 rings (SSSR count). The van der Waals surface area contributed by atoms with E-state index in [1.165, 1.54) is 12.1 Å². The smallest absolute Gasteiger partial charge is 0.123 e. The van der Waals surface area contributed by atoms with E-state index in [-0.39, 0.29) is 29.3 Å². The van der Waals surface area contributed by atoms with Crippen molar-refractivity contribution in [2.45, 2.75) is 49.8 Å². The van der Waals surface area contributed by atoms with E-state index in [4.69, 9.17) is 0 Å². The standard InChI is InChI=1S/C14H18FNO.ClH/c1-13-5-7-14(16-13,8-6-13)12(17)10-3-2-4-11(15)9-10;/h2-4,9,12,16-17H,5-8H2,1H3;1H. The molecule has 2 aliphatic rings. The second kappa shape index (κ2) is 4.48. The Kier molecular flexibility index (Phi) is 3.43. The summed E-state index contributed by atoms with van der Waals surface area (Å²) in [6, 6.07) is 6.32. The number of hydrogen-bond acceptors (Lipinski definition) is 2.